The van der Waals surface area contributed by atoms with E-state index in [1.807, 2.05) is 30.3 Å². The predicted octanol–water partition coefficient (Wildman–Crippen LogP) is 1.94. The summed E-state index contributed by atoms with van der Waals surface area (Å²) in [7, 11) is 0. The second kappa shape index (κ2) is 8.57. The molecule has 0 aliphatic heterocycles. The van der Waals surface area contributed by atoms with E-state index in [1.165, 1.54) is 0 Å². The zero-order chi connectivity index (χ0) is 16.5. The number of hydrogen-bond donors (Lipinski definition) is 2. The van der Waals surface area contributed by atoms with E-state index in [1.54, 1.807) is 24.3 Å². The Balaban J connectivity index is 1.86. The lowest BCUT2D eigenvalue weighted by atomic mass is 10.1. The van der Waals surface area contributed by atoms with Crippen LogP contribution in [0.1, 0.15) is 16.7 Å². The number of carbonyl (C=O) groups is 1. The van der Waals surface area contributed by atoms with Gasteiger partial charge in [-0.3, -0.25) is 4.79 Å². The summed E-state index contributed by atoms with van der Waals surface area (Å²) in [5.74, 6) is 0.510. The normalized spacial score (nSPS) is 9.91. The third-order valence-corrected chi connectivity index (χ3v) is 3.36. The lowest BCUT2D eigenvalue weighted by molar-refractivity contribution is -0.120. The first-order valence-electron chi connectivity index (χ1n) is 7.26. The Morgan fingerprint density at radius 2 is 1.83 bits per heavy atom. The lowest BCUT2D eigenvalue weighted by Crippen LogP contribution is -2.25. The summed E-state index contributed by atoms with van der Waals surface area (Å²) in [6, 6.07) is 16.4. The van der Waals surface area contributed by atoms with Crippen molar-refractivity contribution in [3.05, 3.63) is 65.2 Å². The van der Waals surface area contributed by atoms with Gasteiger partial charge in [-0.25, -0.2) is 0 Å². The number of nitrogens with zero attached hydrogens (tertiary/aromatic N) is 1. The third kappa shape index (κ3) is 5.13. The molecule has 0 heterocycles. The van der Waals surface area contributed by atoms with Crippen molar-refractivity contribution in [1.82, 2.24) is 5.32 Å². The van der Waals surface area contributed by atoms with E-state index in [9.17, 15) is 9.90 Å². The van der Waals surface area contributed by atoms with Crippen molar-refractivity contribution in [2.75, 3.05) is 6.61 Å². The highest BCUT2D eigenvalue weighted by molar-refractivity contribution is 5.78. The van der Waals surface area contributed by atoms with Crippen molar-refractivity contribution in [3.63, 3.8) is 0 Å². The number of hydrogen-bond acceptors (Lipinski definition) is 4. The van der Waals surface area contributed by atoms with Crippen LogP contribution in [0.15, 0.2) is 48.5 Å². The molecule has 1 amide bonds. The largest absolute Gasteiger partial charge is 0.479 e. The van der Waals surface area contributed by atoms with E-state index in [0.29, 0.717) is 12.3 Å². The molecule has 0 aromatic heterocycles. The standard InChI is InChI=1S/C18H18N2O3/c19-9-10-23-17-7-5-14(6-8-17)11-18(22)20-12-15-3-1-2-4-16(15)13-21/h1-8,21H,10-13H2,(H,20,22). The molecule has 0 aliphatic carbocycles. The van der Waals surface area contributed by atoms with Crippen molar-refractivity contribution >= 4 is 5.91 Å². The molecular weight excluding hydrogens is 292 g/mol. The SMILES string of the molecule is N#CCOc1ccc(CC(=O)NCc2ccccc2CO)cc1. The van der Waals surface area contributed by atoms with Gasteiger partial charge in [-0.2, -0.15) is 5.26 Å². The first kappa shape index (κ1) is 16.5. The van der Waals surface area contributed by atoms with Gasteiger partial charge in [-0.1, -0.05) is 36.4 Å². The van der Waals surface area contributed by atoms with Crippen molar-refractivity contribution in [1.29, 1.82) is 5.26 Å². The second-order valence-corrected chi connectivity index (χ2v) is 4.97. The number of nitriles is 1. The van der Waals surface area contributed by atoms with E-state index in [0.717, 1.165) is 16.7 Å². The van der Waals surface area contributed by atoms with E-state index in [-0.39, 0.29) is 25.5 Å². The Bertz CT molecular complexity index is 690. The fourth-order valence-corrected chi connectivity index (χ4v) is 2.15. The molecule has 0 saturated heterocycles. The van der Waals surface area contributed by atoms with Crippen molar-refractivity contribution in [2.45, 2.75) is 19.6 Å². The van der Waals surface area contributed by atoms with Gasteiger partial charge in [0.1, 0.15) is 11.8 Å². The number of carbonyl (C=O) groups excluding carboxylic acids is 1. The van der Waals surface area contributed by atoms with E-state index >= 15 is 0 Å². The Labute approximate surface area is 135 Å². The van der Waals surface area contributed by atoms with Crippen LogP contribution in [0.25, 0.3) is 0 Å². The monoisotopic (exact) mass is 310 g/mol. The number of aliphatic hydroxyl groups excluding tert-OH is 1. The maximum atomic E-state index is 12.0. The molecule has 2 rings (SSSR count). The molecule has 0 fully saturated rings. The molecule has 2 aromatic rings. The Hall–Kier alpha value is -2.84. The van der Waals surface area contributed by atoms with Crippen LogP contribution in [-0.4, -0.2) is 17.6 Å². The molecular formula is C18H18N2O3. The smallest absolute Gasteiger partial charge is 0.224 e. The van der Waals surface area contributed by atoms with Gasteiger partial charge in [0.25, 0.3) is 0 Å². The molecule has 5 nitrogen and oxygen atoms in total. The minimum Gasteiger partial charge on any atom is -0.479 e. The van der Waals surface area contributed by atoms with Gasteiger partial charge in [0.15, 0.2) is 6.61 Å². The average Bonchev–Trinajstić information content (AvgIpc) is 2.59. The quantitative estimate of drug-likeness (QED) is 0.819. The van der Waals surface area contributed by atoms with Crippen molar-refractivity contribution < 1.29 is 14.6 Å². The van der Waals surface area contributed by atoms with Crippen molar-refractivity contribution in [3.8, 4) is 11.8 Å². The number of rotatable bonds is 7. The zero-order valence-corrected chi connectivity index (χ0v) is 12.7. The highest BCUT2D eigenvalue weighted by Crippen LogP contribution is 2.13. The molecule has 118 valence electrons. The maximum Gasteiger partial charge on any atom is 0.224 e. The first-order valence-corrected chi connectivity index (χ1v) is 7.26. The highest BCUT2D eigenvalue weighted by Gasteiger charge is 2.06. The summed E-state index contributed by atoms with van der Waals surface area (Å²) < 4.78 is 5.16. The predicted molar refractivity (Wildman–Crippen MR) is 85.5 cm³/mol. The van der Waals surface area contributed by atoms with Crippen LogP contribution < -0.4 is 10.1 Å². The average molecular weight is 310 g/mol. The Kier molecular flexibility index (Phi) is 6.16. The van der Waals surface area contributed by atoms with E-state index in [4.69, 9.17) is 10.00 Å². The van der Waals surface area contributed by atoms with Gasteiger partial charge in [0.05, 0.1) is 13.0 Å². The van der Waals surface area contributed by atoms with E-state index < -0.39 is 0 Å². The van der Waals surface area contributed by atoms with E-state index in [2.05, 4.69) is 5.32 Å². The fraction of sp³-hybridized carbons (Fsp3) is 0.222. The molecule has 0 spiro atoms. The van der Waals surface area contributed by atoms with Crippen LogP contribution in [-0.2, 0) is 24.4 Å². The maximum absolute atomic E-state index is 12.0. The Morgan fingerprint density at radius 3 is 2.48 bits per heavy atom. The van der Waals surface area contributed by atoms with Crippen LogP contribution in [0.4, 0.5) is 0 Å². The third-order valence-electron chi connectivity index (χ3n) is 3.36. The van der Waals surface area contributed by atoms with Gasteiger partial charge >= 0.3 is 0 Å². The summed E-state index contributed by atoms with van der Waals surface area (Å²) in [5, 5.41) is 20.6. The zero-order valence-electron chi connectivity index (χ0n) is 12.7. The van der Waals surface area contributed by atoms with Gasteiger partial charge in [0.2, 0.25) is 5.91 Å². The number of ether oxygens (including phenoxy) is 1. The first-order chi connectivity index (χ1) is 11.2. The minimum absolute atomic E-state index is 0.00407. The fourth-order valence-electron chi connectivity index (χ4n) is 2.15. The van der Waals surface area contributed by atoms with Gasteiger partial charge < -0.3 is 15.2 Å². The Morgan fingerprint density at radius 1 is 1.13 bits per heavy atom. The topological polar surface area (TPSA) is 82.3 Å². The highest BCUT2D eigenvalue weighted by atomic mass is 16.5. The summed E-state index contributed by atoms with van der Waals surface area (Å²) in [6.45, 7) is 0.346. The molecule has 23 heavy (non-hydrogen) atoms. The molecule has 2 N–H and O–H groups in total. The number of amides is 1. The van der Waals surface area contributed by atoms with Gasteiger partial charge in [-0.15, -0.1) is 0 Å². The summed E-state index contributed by atoms with van der Waals surface area (Å²) in [6.07, 6.45) is 0.264. The molecule has 0 unspecified atom stereocenters. The van der Waals surface area contributed by atoms with Crippen LogP contribution in [0, 0.1) is 11.3 Å². The number of nitrogens with one attached hydrogen (secondary N) is 1. The molecule has 0 saturated carbocycles. The summed E-state index contributed by atoms with van der Waals surface area (Å²) >= 11 is 0. The minimum atomic E-state index is -0.0940. The summed E-state index contributed by atoms with van der Waals surface area (Å²) in [4.78, 5) is 12.0. The molecule has 0 aliphatic rings. The second-order valence-electron chi connectivity index (χ2n) is 4.97. The van der Waals surface area contributed by atoms with Crippen LogP contribution in [0.3, 0.4) is 0 Å². The molecule has 0 radical (unpaired) electrons. The number of aliphatic hydroxyl groups is 1. The van der Waals surface area contributed by atoms with Crippen molar-refractivity contribution in [2.24, 2.45) is 0 Å². The molecule has 0 atom stereocenters. The molecule has 5 heteroatoms. The van der Waals surface area contributed by atoms with Crippen LogP contribution >= 0.6 is 0 Å². The lowest BCUT2D eigenvalue weighted by Gasteiger charge is -2.09. The van der Waals surface area contributed by atoms with Gasteiger partial charge in [-0.05, 0) is 28.8 Å². The van der Waals surface area contributed by atoms with Crippen LogP contribution in [0.5, 0.6) is 5.75 Å². The molecule has 2 aromatic carbocycles. The number of benzene rings is 2. The van der Waals surface area contributed by atoms with Gasteiger partial charge in [0, 0.05) is 6.54 Å². The van der Waals surface area contributed by atoms with Crippen LogP contribution in [0.2, 0.25) is 0 Å². The summed E-state index contributed by atoms with van der Waals surface area (Å²) in [5.41, 5.74) is 2.58. The molecule has 0 bridgehead atoms.